The zero-order valence-corrected chi connectivity index (χ0v) is 9.71. The van der Waals surface area contributed by atoms with Crippen LogP contribution in [0.15, 0.2) is 36.4 Å². The van der Waals surface area contributed by atoms with E-state index < -0.39 is 6.03 Å². The van der Waals surface area contributed by atoms with E-state index in [1.165, 1.54) is 10.2 Å². The summed E-state index contributed by atoms with van der Waals surface area (Å²) in [6.07, 6.45) is 7.58. The molecule has 2 N–H and O–H groups in total. The Kier molecular flexibility index (Phi) is 2.48. The number of nitrogens with zero attached hydrogens (tertiary/aromatic N) is 2. The van der Waals surface area contributed by atoms with Crippen LogP contribution in [0.2, 0.25) is 0 Å². The molecule has 0 bridgehead atoms. The van der Waals surface area contributed by atoms with Crippen LogP contribution in [0.1, 0.15) is 22.7 Å². The fourth-order valence-electron chi connectivity index (χ4n) is 2.27. The number of hydrogen-bond donors (Lipinski definition) is 1. The maximum absolute atomic E-state index is 11.3. The second kappa shape index (κ2) is 4.14. The number of carbonyl (C=O) groups is 1. The summed E-state index contributed by atoms with van der Waals surface area (Å²) in [7, 11) is 0. The predicted octanol–water partition coefficient (Wildman–Crippen LogP) is 1.96. The molecular weight excluding hydrogens is 226 g/mol. The van der Waals surface area contributed by atoms with Crippen molar-refractivity contribution in [3.8, 4) is 0 Å². The Balaban J connectivity index is 1.97. The molecule has 18 heavy (non-hydrogen) atoms. The number of benzene rings is 1. The highest BCUT2D eigenvalue weighted by Crippen LogP contribution is 2.29. The predicted molar refractivity (Wildman–Crippen MR) is 68.0 cm³/mol. The summed E-state index contributed by atoms with van der Waals surface area (Å²) in [5.74, 6) is 0.252. The lowest BCUT2D eigenvalue weighted by Crippen LogP contribution is -2.24. The van der Waals surface area contributed by atoms with E-state index in [4.69, 9.17) is 5.73 Å². The van der Waals surface area contributed by atoms with Gasteiger partial charge in [0.1, 0.15) is 6.20 Å². The number of amides is 1. The molecular formula is C14H12N3O. The van der Waals surface area contributed by atoms with E-state index in [9.17, 15) is 4.79 Å². The van der Waals surface area contributed by atoms with Gasteiger partial charge in [-0.2, -0.15) is 9.78 Å². The van der Waals surface area contributed by atoms with Crippen molar-refractivity contribution in [3.05, 3.63) is 59.4 Å². The Bertz CT molecular complexity index is 613. The Morgan fingerprint density at radius 2 is 2.17 bits per heavy atom. The van der Waals surface area contributed by atoms with Crippen molar-refractivity contribution >= 4 is 12.1 Å². The van der Waals surface area contributed by atoms with Crippen LogP contribution in [-0.4, -0.2) is 15.8 Å². The van der Waals surface area contributed by atoms with Crippen molar-refractivity contribution in [2.24, 2.45) is 5.73 Å². The summed E-state index contributed by atoms with van der Waals surface area (Å²) >= 11 is 0. The highest BCUT2D eigenvalue weighted by Gasteiger charge is 2.21. The molecule has 0 saturated carbocycles. The minimum absolute atomic E-state index is 0.252. The molecule has 2 aromatic rings. The zero-order chi connectivity index (χ0) is 12.5. The van der Waals surface area contributed by atoms with Crippen molar-refractivity contribution in [2.75, 3.05) is 0 Å². The first-order valence-electron chi connectivity index (χ1n) is 5.78. The lowest BCUT2D eigenvalue weighted by Gasteiger charge is -2.18. The van der Waals surface area contributed by atoms with E-state index in [1.807, 2.05) is 24.3 Å². The molecule has 1 unspecified atom stereocenters. The van der Waals surface area contributed by atoms with Gasteiger partial charge >= 0.3 is 6.03 Å². The molecule has 1 aromatic heterocycles. The molecule has 89 valence electrons. The lowest BCUT2D eigenvalue weighted by atomic mass is 9.88. The molecule has 1 heterocycles. The second-order valence-corrected chi connectivity index (χ2v) is 4.30. The Labute approximate surface area is 105 Å². The van der Waals surface area contributed by atoms with Crippen LogP contribution in [0.5, 0.6) is 0 Å². The van der Waals surface area contributed by atoms with Gasteiger partial charge in [0.2, 0.25) is 0 Å². The Hall–Kier alpha value is -2.36. The number of hydrogen-bond acceptors (Lipinski definition) is 2. The molecule has 1 amide bonds. The maximum atomic E-state index is 11.3. The van der Waals surface area contributed by atoms with Crippen molar-refractivity contribution < 1.29 is 4.79 Å². The van der Waals surface area contributed by atoms with Crippen LogP contribution >= 0.6 is 0 Å². The number of allylic oxidation sites excluding steroid dienone is 1. The summed E-state index contributed by atoms with van der Waals surface area (Å²) in [5.41, 5.74) is 8.18. The zero-order valence-electron chi connectivity index (χ0n) is 9.71. The normalized spacial score (nSPS) is 17.4. The van der Waals surface area contributed by atoms with Gasteiger partial charge in [0.15, 0.2) is 0 Å². The summed E-state index contributed by atoms with van der Waals surface area (Å²) in [5, 5.41) is 3.89. The van der Waals surface area contributed by atoms with Crippen molar-refractivity contribution in [3.63, 3.8) is 0 Å². The smallest absolute Gasteiger partial charge is 0.339 e. The maximum Gasteiger partial charge on any atom is 0.339 e. The molecule has 0 spiro atoms. The molecule has 1 aliphatic carbocycles. The third-order valence-corrected chi connectivity index (χ3v) is 3.18. The van der Waals surface area contributed by atoms with Crippen LogP contribution in [0.3, 0.4) is 0 Å². The first-order chi connectivity index (χ1) is 8.75. The third-order valence-electron chi connectivity index (χ3n) is 3.18. The van der Waals surface area contributed by atoms with E-state index >= 15 is 0 Å². The fourth-order valence-corrected chi connectivity index (χ4v) is 2.27. The van der Waals surface area contributed by atoms with Crippen LogP contribution in [-0.2, 0) is 6.42 Å². The fraction of sp³-hybridized carbons (Fsp3) is 0.143. The van der Waals surface area contributed by atoms with Gasteiger partial charge in [-0.05, 0) is 5.56 Å². The summed E-state index contributed by atoms with van der Waals surface area (Å²) < 4.78 is 1.23. The molecule has 0 saturated heterocycles. The molecule has 0 fully saturated rings. The molecule has 1 aromatic carbocycles. The van der Waals surface area contributed by atoms with Crippen molar-refractivity contribution in [1.82, 2.24) is 9.78 Å². The quantitative estimate of drug-likeness (QED) is 0.825. The summed E-state index contributed by atoms with van der Waals surface area (Å²) in [4.78, 5) is 11.3. The molecule has 3 rings (SSSR count). The van der Waals surface area contributed by atoms with Gasteiger partial charge in [-0.3, -0.25) is 0 Å². The van der Waals surface area contributed by atoms with Gasteiger partial charge in [-0.1, -0.05) is 42.5 Å². The standard InChI is InChI=1S/C14H12N3O/c15-14(18)17-13-8-11(6-7-12(13)9-16-17)10-4-2-1-3-5-10/h1-7,11H,8H2,(H2,15,18). The average molecular weight is 238 g/mol. The largest absolute Gasteiger partial charge is 0.350 e. The molecule has 0 aliphatic heterocycles. The number of primary amides is 1. The number of carbonyl (C=O) groups excluding carboxylic acids is 1. The molecule has 4 heteroatoms. The first kappa shape index (κ1) is 10.8. The first-order valence-corrected chi connectivity index (χ1v) is 5.78. The van der Waals surface area contributed by atoms with Gasteiger partial charge < -0.3 is 5.73 Å². The van der Waals surface area contributed by atoms with Crippen LogP contribution in [0.25, 0.3) is 6.08 Å². The van der Waals surface area contributed by atoms with Crippen molar-refractivity contribution in [1.29, 1.82) is 0 Å². The van der Waals surface area contributed by atoms with Crippen LogP contribution < -0.4 is 5.73 Å². The van der Waals surface area contributed by atoms with E-state index in [0.717, 1.165) is 17.7 Å². The average Bonchev–Trinajstić information content (AvgIpc) is 2.82. The molecule has 1 atom stereocenters. The molecule has 1 radical (unpaired) electrons. The SMILES string of the molecule is NC(=O)n1n[c]c2c1CC(c1ccccc1)C=C2. The van der Waals surface area contributed by atoms with Gasteiger partial charge in [0.05, 0.1) is 5.69 Å². The monoisotopic (exact) mass is 238 g/mol. The minimum Gasteiger partial charge on any atom is -0.350 e. The highest BCUT2D eigenvalue weighted by atomic mass is 16.2. The second-order valence-electron chi connectivity index (χ2n) is 4.30. The minimum atomic E-state index is -0.561. The summed E-state index contributed by atoms with van der Waals surface area (Å²) in [6.45, 7) is 0. The van der Waals surface area contributed by atoms with E-state index in [-0.39, 0.29) is 5.92 Å². The molecule has 4 nitrogen and oxygen atoms in total. The van der Waals surface area contributed by atoms with Crippen LogP contribution in [0, 0.1) is 6.20 Å². The molecule has 1 aliphatic rings. The third kappa shape index (κ3) is 1.72. The number of rotatable bonds is 1. The number of nitrogens with two attached hydrogens (primary N) is 1. The summed E-state index contributed by atoms with van der Waals surface area (Å²) in [6, 6.07) is 9.60. The number of aromatic nitrogens is 2. The van der Waals surface area contributed by atoms with E-state index in [1.54, 1.807) is 0 Å². The van der Waals surface area contributed by atoms with Gasteiger partial charge in [-0.25, -0.2) is 4.79 Å². The van der Waals surface area contributed by atoms with Gasteiger partial charge in [0, 0.05) is 17.9 Å². The van der Waals surface area contributed by atoms with Gasteiger partial charge in [0.25, 0.3) is 0 Å². The van der Waals surface area contributed by atoms with E-state index in [0.29, 0.717) is 0 Å². The number of fused-ring (bicyclic) bond motifs is 1. The highest BCUT2D eigenvalue weighted by molar-refractivity contribution is 5.76. The Morgan fingerprint density at radius 1 is 1.39 bits per heavy atom. The Morgan fingerprint density at radius 3 is 2.89 bits per heavy atom. The van der Waals surface area contributed by atoms with Crippen LogP contribution in [0.4, 0.5) is 4.79 Å². The van der Waals surface area contributed by atoms with Crippen molar-refractivity contribution in [2.45, 2.75) is 12.3 Å². The topological polar surface area (TPSA) is 60.9 Å². The van der Waals surface area contributed by atoms with E-state index in [2.05, 4.69) is 29.5 Å². The van der Waals surface area contributed by atoms with Gasteiger partial charge in [-0.15, -0.1) is 0 Å². The lowest BCUT2D eigenvalue weighted by molar-refractivity contribution is 0.247.